The predicted molar refractivity (Wildman–Crippen MR) is 81.1 cm³/mol. The Hall–Kier alpha value is -2.14. The third kappa shape index (κ3) is 3.93. The lowest BCUT2D eigenvalue weighted by Gasteiger charge is -2.06. The molecule has 1 aromatic heterocycles. The van der Waals surface area contributed by atoms with Crippen LogP contribution < -0.4 is 10.6 Å². The van der Waals surface area contributed by atoms with E-state index in [1.54, 1.807) is 42.6 Å². The topological polar surface area (TPSA) is 58.2 Å². The smallest absolute Gasteiger partial charge is 0.251 e. The second-order valence-electron chi connectivity index (χ2n) is 4.34. The summed E-state index contributed by atoms with van der Waals surface area (Å²) in [6.07, 6.45) is 1.19. The van der Waals surface area contributed by atoms with Crippen LogP contribution in [-0.4, -0.2) is 18.9 Å². The third-order valence-electron chi connectivity index (χ3n) is 2.88. The van der Waals surface area contributed by atoms with Gasteiger partial charge in [0.25, 0.3) is 5.91 Å². The van der Waals surface area contributed by atoms with Gasteiger partial charge in [0, 0.05) is 24.7 Å². The van der Waals surface area contributed by atoms with Crippen molar-refractivity contribution in [1.29, 1.82) is 0 Å². The van der Waals surface area contributed by atoms with Crippen molar-refractivity contribution in [2.24, 2.45) is 0 Å². The van der Waals surface area contributed by atoms with Crippen LogP contribution >= 0.6 is 11.3 Å². The molecule has 0 saturated carbocycles. The van der Waals surface area contributed by atoms with E-state index in [2.05, 4.69) is 10.6 Å². The Morgan fingerprint density at radius 3 is 2.50 bits per heavy atom. The van der Waals surface area contributed by atoms with E-state index >= 15 is 0 Å². The number of carbonyl (C=O) groups excluding carboxylic acids is 2. The van der Waals surface area contributed by atoms with Crippen molar-refractivity contribution in [2.45, 2.75) is 12.8 Å². The number of aryl methyl sites for hydroxylation is 1. The molecule has 0 atom stereocenters. The van der Waals surface area contributed by atoms with Gasteiger partial charge in [-0.3, -0.25) is 9.59 Å². The number of carbonyl (C=O) groups is 2. The first kappa shape index (κ1) is 14.3. The summed E-state index contributed by atoms with van der Waals surface area (Å²) in [6, 6.07) is 8.86. The molecule has 0 bridgehead atoms. The second kappa shape index (κ2) is 6.86. The number of amides is 2. The summed E-state index contributed by atoms with van der Waals surface area (Å²) in [5.74, 6) is -0.163. The van der Waals surface area contributed by atoms with E-state index in [9.17, 15) is 9.59 Å². The molecule has 2 aromatic rings. The van der Waals surface area contributed by atoms with Gasteiger partial charge < -0.3 is 10.6 Å². The average Bonchev–Trinajstić information content (AvgIpc) is 2.98. The van der Waals surface area contributed by atoms with E-state index in [0.717, 1.165) is 6.42 Å². The molecule has 0 aliphatic carbocycles. The summed E-state index contributed by atoms with van der Waals surface area (Å²) in [7, 11) is 1.59. The highest BCUT2D eigenvalue weighted by atomic mass is 32.1. The Kier molecular flexibility index (Phi) is 4.90. The Balaban J connectivity index is 1.86. The molecule has 104 valence electrons. The van der Waals surface area contributed by atoms with Crippen molar-refractivity contribution < 1.29 is 9.59 Å². The van der Waals surface area contributed by atoms with Crippen LogP contribution in [0.25, 0.3) is 0 Å². The molecule has 0 aliphatic heterocycles. The molecule has 1 heterocycles. The van der Waals surface area contributed by atoms with Crippen LogP contribution in [0, 0.1) is 0 Å². The Labute approximate surface area is 121 Å². The van der Waals surface area contributed by atoms with Gasteiger partial charge in [0.1, 0.15) is 0 Å². The lowest BCUT2D eigenvalue weighted by Crippen LogP contribution is -2.17. The fourth-order valence-corrected chi connectivity index (χ4v) is 2.47. The zero-order chi connectivity index (χ0) is 14.4. The van der Waals surface area contributed by atoms with Crippen molar-refractivity contribution >= 4 is 28.8 Å². The molecule has 2 amide bonds. The summed E-state index contributed by atoms with van der Waals surface area (Å²) in [6.45, 7) is 0. The lowest BCUT2D eigenvalue weighted by atomic mass is 10.1. The largest absolute Gasteiger partial charge is 0.355 e. The van der Waals surface area contributed by atoms with Crippen molar-refractivity contribution in [2.75, 3.05) is 12.4 Å². The van der Waals surface area contributed by atoms with Crippen LogP contribution in [0.15, 0.2) is 41.1 Å². The number of anilines is 1. The SMILES string of the molecule is CNC(=O)c1ccc(NC(=O)CCc2ccsc2)cc1. The van der Waals surface area contributed by atoms with Crippen molar-refractivity contribution in [3.63, 3.8) is 0 Å². The lowest BCUT2D eigenvalue weighted by molar-refractivity contribution is -0.116. The highest BCUT2D eigenvalue weighted by Crippen LogP contribution is 2.12. The van der Waals surface area contributed by atoms with E-state index in [1.807, 2.05) is 16.8 Å². The van der Waals surface area contributed by atoms with Crippen LogP contribution in [0.1, 0.15) is 22.3 Å². The molecule has 0 aliphatic rings. The highest BCUT2D eigenvalue weighted by Gasteiger charge is 2.05. The first-order valence-electron chi connectivity index (χ1n) is 6.32. The number of benzene rings is 1. The molecule has 2 N–H and O–H groups in total. The molecule has 5 heteroatoms. The maximum Gasteiger partial charge on any atom is 0.251 e. The molecule has 0 saturated heterocycles. The third-order valence-corrected chi connectivity index (χ3v) is 3.61. The van der Waals surface area contributed by atoms with Gasteiger partial charge in [0.15, 0.2) is 0 Å². The van der Waals surface area contributed by atoms with Crippen LogP contribution in [0.3, 0.4) is 0 Å². The maximum atomic E-state index is 11.8. The summed E-state index contributed by atoms with van der Waals surface area (Å²) >= 11 is 1.63. The van der Waals surface area contributed by atoms with Crippen LogP contribution in [-0.2, 0) is 11.2 Å². The van der Waals surface area contributed by atoms with Gasteiger partial charge in [0.2, 0.25) is 5.91 Å². The molecule has 4 nitrogen and oxygen atoms in total. The quantitative estimate of drug-likeness (QED) is 0.888. The fourth-order valence-electron chi connectivity index (χ4n) is 1.77. The minimum Gasteiger partial charge on any atom is -0.355 e. The Morgan fingerprint density at radius 1 is 1.15 bits per heavy atom. The minimum atomic E-state index is -0.139. The summed E-state index contributed by atoms with van der Waals surface area (Å²) in [4.78, 5) is 23.2. The second-order valence-corrected chi connectivity index (χ2v) is 5.12. The summed E-state index contributed by atoms with van der Waals surface area (Å²) in [5.41, 5.74) is 2.46. The van der Waals surface area contributed by atoms with Gasteiger partial charge in [-0.2, -0.15) is 11.3 Å². The maximum absolute atomic E-state index is 11.8. The first-order chi connectivity index (χ1) is 9.69. The van der Waals surface area contributed by atoms with Gasteiger partial charge in [-0.25, -0.2) is 0 Å². The van der Waals surface area contributed by atoms with E-state index in [0.29, 0.717) is 17.7 Å². The molecule has 1 aromatic carbocycles. The zero-order valence-corrected chi connectivity index (χ0v) is 12.0. The van der Waals surface area contributed by atoms with Gasteiger partial charge in [-0.1, -0.05) is 0 Å². The summed E-state index contributed by atoms with van der Waals surface area (Å²) < 4.78 is 0. The van der Waals surface area contributed by atoms with Gasteiger partial charge >= 0.3 is 0 Å². The average molecular weight is 288 g/mol. The monoisotopic (exact) mass is 288 g/mol. The number of hydrogen-bond acceptors (Lipinski definition) is 3. The standard InChI is InChI=1S/C15H16N2O2S/c1-16-15(19)12-3-5-13(6-4-12)17-14(18)7-2-11-8-9-20-10-11/h3-6,8-10H,2,7H2,1H3,(H,16,19)(H,17,18). The number of nitrogens with one attached hydrogen (secondary N) is 2. The zero-order valence-electron chi connectivity index (χ0n) is 11.2. The first-order valence-corrected chi connectivity index (χ1v) is 7.26. The summed E-state index contributed by atoms with van der Waals surface area (Å²) in [5, 5.41) is 9.43. The molecular weight excluding hydrogens is 272 g/mol. The highest BCUT2D eigenvalue weighted by molar-refractivity contribution is 7.07. The van der Waals surface area contributed by atoms with Crippen molar-refractivity contribution in [3.05, 3.63) is 52.2 Å². The van der Waals surface area contributed by atoms with Gasteiger partial charge in [0.05, 0.1) is 0 Å². The molecule has 0 spiro atoms. The van der Waals surface area contributed by atoms with Gasteiger partial charge in [-0.05, 0) is 53.1 Å². The molecule has 20 heavy (non-hydrogen) atoms. The number of rotatable bonds is 5. The van der Waals surface area contributed by atoms with Crippen molar-refractivity contribution in [3.8, 4) is 0 Å². The fraction of sp³-hybridized carbons (Fsp3) is 0.200. The van der Waals surface area contributed by atoms with Crippen LogP contribution in [0.2, 0.25) is 0 Å². The molecule has 2 rings (SSSR count). The molecule has 0 radical (unpaired) electrons. The van der Waals surface area contributed by atoms with Crippen LogP contribution in [0.5, 0.6) is 0 Å². The van der Waals surface area contributed by atoms with Crippen molar-refractivity contribution in [1.82, 2.24) is 5.32 Å². The number of hydrogen-bond donors (Lipinski definition) is 2. The minimum absolute atomic E-state index is 0.0242. The van der Waals surface area contributed by atoms with Crippen LogP contribution in [0.4, 0.5) is 5.69 Å². The molecular formula is C15H16N2O2S. The predicted octanol–water partition coefficient (Wildman–Crippen LogP) is 2.68. The molecule has 0 fully saturated rings. The van der Waals surface area contributed by atoms with E-state index < -0.39 is 0 Å². The van der Waals surface area contributed by atoms with E-state index in [-0.39, 0.29) is 11.8 Å². The Bertz CT molecular complexity index is 576. The van der Waals surface area contributed by atoms with E-state index in [1.165, 1.54) is 5.56 Å². The van der Waals surface area contributed by atoms with E-state index in [4.69, 9.17) is 0 Å². The molecule has 0 unspecified atom stereocenters. The van der Waals surface area contributed by atoms with Gasteiger partial charge in [-0.15, -0.1) is 0 Å². The normalized spacial score (nSPS) is 10.1. The Morgan fingerprint density at radius 2 is 1.90 bits per heavy atom. The number of thiophene rings is 1.